The van der Waals surface area contributed by atoms with Gasteiger partial charge in [-0.25, -0.2) is 0 Å². The SMILES string of the molecule is CCCCCC(=O)NNC(C)=O. The summed E-state index contributed by atoms with van der Waals surface area (Å²) in [5.74, 6) is -0.377. The van der Waals surface area contributed by atoms with Crippen molar-refractivity contribution in [2.75, 3.05) is 0 Å². The lowest BCUT2D eigenvalue weighted by Crippen LogP contribution is -2.40. The van der Waals surface area contributed by atoms with Crippen LogP contribution >= 0.6 is 0 Å². The molecule has 0 bridgehead atoms. The highest BCUT2D eigenvalue weighted by Gasteiger charge is 1.99. The maximum atomic E-state index is 10.9. The Morgan fingerprint density at radius 2 is 1.83 bits per heavy atom. The molecule has 0 atom stereocenters. The molecule has 0 radical (unpaired) electrons. The number of carbonyl (C=O) groups is 2. The van der Waals surface area contributed by atoms with Crippen LogP contribution in [0.1, 0.15) is 39.5 Å². The summed E-state index contributed by atoms with van der Waals surface area (Å²) in [6.45, 7) is 3.43. The molecular formula is C8H16N2O2. The van der Waals surface area contributed by atoms with Gasteiger partial charge in [0, 0.05) is 13.3 Å². The van der Waals surface area contributed by atoms with Crippen LogP contribution in [-0.4, -0.2) is 11.8 Å². The third-order valence-electron chi connectivity index (χ3n) is 1.39. The molecule has 0 aromatic rings. The number of rotatable bonds is 4. The molecule has 12 heavy (non-hydrogen) atoms. The summed E-state index contributed by atoms with van der Waals surface area (Å²) >= 11 is 0. The molecule has 0 aliphatic heterocycles. The van der Waals surface area contributed by atoms with E-state index < -0.39 is 0 Å². The van der Waals surface area contributed by atoms with E-state index in [0.29, 0.717) is 6.42 Å². The number of hydrazine groups is 1. The minimum absolute atomic E-state index is 0.126. The molecule has 0 heterocycles. The fourth-order valence-electron chi connectivity index (χ4n) is 0.756. The van der Waals surface area contributed by atoms with E-state index in [1.165, 1.54) is 6.92 Å². The van der Waals surface area contributed by atoms with Gasteiger partial charge in [0.1, 0.15) is 0 Å². The van der Waals surface area contributed by atoms with Crippen LogP contribution in [0.5, 0.6) is 0 Å². The Labute approximate surface area is 72.7 Å². The zero-order valence-electron chi connectivity index (χ0n) is 7.64. The zero-order valence-corrected chi connectivity index (χ0v) is 7.64. The third kappa shape index (κ3) is 7.05. The summed E-state index contributed by atoms with van der Waals surface area (Å²) in [6.07, 6.45) is 3.50. The molecule has 0 spiro atoms. The number of hydrogen-bond acceptors (Lipinski definition) is 2. The highest BCUT2D eigenvalue weighted by molar-refractivity contribution is 5.80. The molecule has 0 saturated heterocycles. The van der Waals surface area contributed by atoms with Crippen molar-refractivity contribution < 1.29 is 9.59 Å². The lowest BCUT2D eigenvalue weighted by Gasteiger charge is -2.03. The Morgan fingerprint density at radius 1 is 1.17 bits per heavy atom. The Balaban J connectivity index is 3.28. The number of amides is 2. The van der Waals surface area contributed by atoms with Crippen molar-refractivity contribution in [3.05, 3.63) is 0 Å². The van der Waals surface area contributed by atoms with Gasteiger partial charge in [-0.05, 0) is 6.42 Å². The van der Waals surface area contributed by atoms with Gasteiger partial charge in [0.15, 0.2) is 0 Å². The van der Waals surface area contributed by atoms with E-state index >= 15 is 0 Å². The number of unbranched alkanes of at least 4 members (excludes halogenated alkanes) is 2. The normalized spacial score (nSPS) is 9.17. The Hall–Kier alpha value is -1.06. The predicted octanol–water partition coefficient (Wildman–Crippen LogP) is 0.734. The molecule has 2 amide bonds. The second-order valence-electron chi connectivity index (χ2n) is 2.69. The lowest BCUT2D eigenvalue weighted by molar-refractivity contribution is -0.127. The number of carbonyl (C=O) groups excluding carboxylic acids is 2. The molecule has 0 aromatic carbocycles. The molecule has 0 rings (SSSR count). The quantitative estimate of drug-likeness (QED) is 0.485. The minimum Gasteiger partial charge on any atom is -0.274 e. The molecule has 0 fully saturated rings. The van der Waals surface area contributed by atoms with Gasteiger partial charge in [0.05, 0.1) is 0 Å². The van der Waals surface area contributed by atoms with Crippen LogP contribution in [0.3, 0.4) is 0 Å². The van der Waals surface area contributed by atoms with Gasteiger partial charge in [0.25, 0.3) is 0 Å². The molecule has 0 saturated carbocycles. The van der Waals surface area contributed by atoms with E-state index in [1.807, 2.05) is 0 Å². The zero-order chi connectivity index (χ0) is 9.40. The average Bonchev–Trinajstić information content (AvgIpc) is 2.01. The van der Waals surface area contributed by atoms with E-state index in [1.54, 1.807) is 0 Å². The number of nitrogens with one attached hydrogen (secondary N) is 2. The Morgan fingerprint density at radius 3 is 2.33 bits per heavy atom. The van der Waals surface area contributed by atoms with E-state index in [2.05, 4.69) is 17.8 Å². The molecule has 0 aliphatic carbocycles. The van der Waals surface area contributed by atoms with Crippen molar-refractivity contribution >= 4 is 11.8 Å². The van der Waals surface area contributed by atoms with Crippen LogP contribution in [0.25, 0.3) is 0 Å². The molecular weight excluding hydrogens is 156 g/mol. The molecule has 70 valence electrons. The highest BCUT2D eigenvalue weighted by atomic mass is 16.2. The van der Waals surface area contributed by atoms with Gasteiger partial charge in [0.2, 0.25) is 11.8 Å². The van der Waals surface area contributed by atoms with Crippen LogP contribution in [0.4, 0.5) is 0 Å². The molecule has 4 heteroatoms. The van der Waals surface area contributed by atoms with Crippen molar-refractivity contribution in [2.45, 2.75) is 39.5 Å². The molecule has 0 aromatic heterocycles. The van der Waals surface area contributed by atoms with Crippen LogP contribution in [-0.2, 0) is 9.59 Å². The standard InChI is InChI=1S/C8H16N2O2/c1-3-4-5-6-8(12)10-9-7(2)11/h3-6H2,1-2H3,(H,9,11)(H,10,12). The van der Waals surface area contributed by atoms with Gasteiger partial charge >= 0.3 is 0 Å². The first-order chi connectivity index (χ1) is 5.66. The minimum atomic E-state index is -0.251. The maximum absolute atomic E-state index is 10.9. The van der Waals surface area contributed by atoms with Gasteiger partial charge in [-0.3, -0.25) is 20.4 Å². The first-order valence-corrected chi connectivity index (χ1v) is 4.22. The third-order valence-corrected chi connectivity index (χ3v) is 1.39. The summed E-state index contributed by atoms with van der Waals surface area (Å²) in [5, 5.41) is 0. The number of hydrogen-bond donors (Lipinski definition) is 2. The lowest BCUT2D eigenvalue weighted by atomic mass is 10.2. The van der Waals surface area contributed by atoms with Crippen LogP contribution in [0, 0.1) is 0 Å². The van der Waals surface area contributed by atoms with E-state index in [-0.39, 0.29) is 11.8 Å². The predicted molar refractivity (Wildman–Crippen MR) is 46.1 cm³/mol. The summed E-state index contributed by atoms with van der Waals surface area (Å²) in [6, 6.07) is 0. The van der Waals surface area contributed by atoms with Gasteiger partial charge in [-0.15, -0.1) is 0 Å². The second-order valence-corrected chi connectivity index (χ2v) is 2.69. The maximum Gasteiger partial charge on any atom is 0.238 e. The monoisotopic (exact) mass is 172 g/mol. The second kappa shape index (κ2) is 6.64. The van der Waals surface area contributed by atoms with Gasteiger partial charge in [-0.1, -0.05) is 19.8 Å². The summed E-state index contributed by atoms with van der Waals surface area (Å²) < 4.78 is 0. The van der Waals surface area contributed by atoms with Crippen molar-refractivity contribution in [2.24, 2.45) is 0 Å². The molecule has 2 N–H and O–H groups in total. The van der Waals surface area contributed by atoms with Crippen molar-refractivity contribution in [1.29, 1.82) is 0 Å². The van der Waals surface area contributed by atoms with E-state index in [0.717, 1.165) is 19.3 Å². The average molecular weight is 172 g/mol. The molecule has 0 unspecified atom stereocenters. The van der Waals surface area contributed by atoms with Crippen molar-refractivity contribution in [3.8, 4) is 0 Å². The van der Waals surface area contributed by atoms with Gasteiger partial charge in [-0.2, -0.15) is 0 Å². The highest BCUT2D eigenvalue weighted by Crippen LogP contribution is 1.97. The van der Waals surface area contributed by atoms with Crippen molar-refractivity contribution in [1.82, 2.24) is 10.9 Å². The fraction of sp³-hybridized carbons (Fsp3) is 0.750. The van der Waals surface area contributed by atoms with Crippen molar-refractivity contribution in [3.63, 3.8) is 0 Å². The van der Waals surface area contributed by atoms with E-state index in [4.69, 9.17) is 0 Å². The van der Waals surface area contributed by atoms with Crippen LogP contribution in [0.15, 0.2) is 0 Å². The molecule has 4 nitrogen and oxygen atoms in total. The summed E-state index contributed by atoms with van der Waals surface area (Å²) in [7, 11) is 0. The first kappa shape index (κ1) is 10.9. The summed E-state index contributed by atoms with van der Waals surface area (Å²) in [5.41, 5.74) is 4.54. The van der Waals surface area contributed by atoms with Gasteiger partial charge < -0.3 is 0 Å². The topological polar surface area (TPSA) is 58.2 Å². The molecule has 0 aliphatic rings. The largest absolute Gasteiger partial charge is 0.274 e. The Kier molecular flexibility index (Phi) is 6.05. The van der Waals surface area contributed by atoms with E-state index in [9.17, 15) is 9.59 Å². The summed E-state index contributed by atoms with van der Waals surface area (Å²) in [4.78, 5) is 21.2. The van der Waals surface area contributed by atoms with Crippen LogP contribution in [0.2, 0.25) is 0 Å². The smallest absolute Gasteiger partial charge is 0.238 e. The Bertz CT molecular complexity index is 157. The first-order valence-electron chi connectivity index (χ1n) is 4.22. The fourth-order valence-corrected chi connectivity index (χ4v) is 0.756. The van der Waals surface area contributed by atoms with Crippen LogP contribution < -0.4 is 10.9 Å².